The van der Waals surface area contributed by atoms with Gasteiger partial charge in [-0.1, -0.05) is 59.4 Å². The first-order valence-corrected chi connectivity index (χ1v) is 14.7. The number of hydrogen-bond donors (Lipinski definition) is 0. The van der Waals surface area contributed by atoms with Crippen LogP contribution in [0.5, 0.6) is 5.75 Å². The number of benzene rings is 3. The molecule has 1 aliphatic heterocycles. The number of carbonyl (C=O) groups is 1. The number of fused-ring (bicyclic) bond motifs is 1. The highest BCUT2D eigenvalue weighted by atomic mass is 79.9. The average molecular weight is 649 g/mol. The summed E-state index contributed by atoms with van der Waals surface area (Å²) in [6.45, 7) is 5.84. The first kappa shape index (κ1) is 29.2. The lowest BCUT2D eigenvalue weighted by atomic mass is 9.95. The number of rotatable bonds is 8. The zero-order valence-electron chi connectivity index (χ0n) is 23.0. The molecule has 42 heavy (non-hydrogen) atoms. The van der Waals surface area contributed by atoms with Crippen molar-refractivity contribution in [1.29, 1.82) is 0 Å². The number of hydrogen-bond acceptors (Lipinski definition) is 8. The number of aryl methyl sites for hydroxylation is 1. The van der Waals surface area contributed by atoms with E-state index in [0.717, 1.165) is 16.7 Å². The van der Waals surface area contributed by atoms with Crippen LogP contribution in [-0.4, -0.2) is 22.1 Å². The number of halogens is 1. The first-order chi connectivity index (χ1) is 20.2. The highest BCUT2D eigenvalue weighted by molar-refractivity contribution is 9.10. The Kier molecular flexibility index (Phi) is 8.51. The van der Waals surface area contributed by atoms with Gasteiger partial charge < -0.3 is 9.47 Å². The predicted molar refractivity (Wildman–Crippen MR) is 163 cm³/mol. The molecule has 214 valence electrons. The molecular weight excluding hydrogens is 622 g/mol. The molecule has 2 heterocycles. The number of esters is 1. The van der Waals surface area contributed by atoms with Gasteiger partial charge in [0.05, 0.1) is 37.8 Å². The van der Waals surface area contributed by atoms with Crippen molar-refractivity contribution in [2.75, 3.05) is 6.61 Å². The van der Waals surface area contributed by atoms with Crippen molar-refractivity contribution in [3.63, 3.8) is 0 Å². The normalized spacial score (nSPS) is 14.8. The maximum Gasteiger partial charge on any atom is 0.338 e. The topological polar surface area (TPSA) is 113 Å². The SMILES string of the molecule is CCOC(=O)C1=C(C)N=c2s/c(=C/c3ccc(OCc4cccc([N+](=O)[O-])c4)c(Br)c3)c(=O)n2[C@H]1c1ccc(C)cc1. The number of aromatic nitrogens is 1. The van der Waals surface area contributed by atoms with Crippen LogP contribution in [0.4, 0.5) is 5.69 Å². The third-order valence-electron chi connectivity index (χ3n) is 6.68. The van der Waals surface area contributed by atoms with Crippen LogP contribution in [0.2, 0.25) is 0 Å². The number of nitro groups is 1. The number of allylic oxidation sites excluding steroid dienone is 1. The molecule has 3 aromatic carbocycles. The molecule has 11 heteroatoms. The summed E-state index contributed by atoms with van der Waals surface area (Å²) in [6.07, 6.45) is 1.77. The predicted octanol–water partition coefficient (Wildman–Crippen LogP) is 5.36. The Balaban J connectivity index is 1.49. The van der Waals surface area contributed by atoms with Gasteiger partial charge in [-0.2, -0.15) is 0 Å². The van der Waals surface area contributed by atoms with Crippen molar-refractivity contribution in [2.24, 2.45) is 4.99 Å². The van der Waals surface area contributed by atoms with Gasteiger partial charge in [0.25, 0.3) is 11.2 Å². The molecule has 1 aromatic heterocycles. The van der Waals surface area contributed by atoms with Crippen molar-refractivity contribution in [2.45, 2.75) is 33.4 Å². The standard InChI is InChI=1S/C31H26BrN3O6S/c1-4-40-30(37)27-19(3)33-31-34(28(27)22-11-8-18(2)9-12-22)29(36)26(42-31)16-20-10-13-25(24(32)15-20)41-17-21-6-5-7-23(14-21)35(38)39/h5-16,28H,4,17H2,1-3H3/b26-16+/t28-/m0/s1. The molecule has 0 spiro atoms. The molecule has 1 atom stereocenters. The van der Waals surface area contributed by atoms with Gasteiger partial charge in [-0.3, -0.25) is 19.5 Å². The van der Waals surface area contributed by atoms with E-state index < -0.39 is 16.9 Å². The molecule has 0 radical (unpaired) electrons. The smallest absolute Gasteiger partial charge is 0.338 e. The first-order valence-electron chi connectivity index (χ1n) is 13.1. The van der Waals surface area contributed by atoms with Crippen molar-refractivity contribution in [3.8, 4) is 5.75 Å². The van der Waals surface area contributed by atoms with Gasteiger partial charge in [-0.05, 0) is 71.6 Å². The molecule has 4 aromatic rings. The number of thiazole rings is 1. The number of ether oxygens (including phenoxy) is 2. The van der Waals surface area contributed by atoms with E-state index in [4.69, 9.17) is 9.47 Å². The Labute approximate surface area is 253 Å². The third-order valence-corrected chi connectivity index (χ3v) is 8.28. The second-order valence-electron chi connectivity index (χ2n) is 9.62. The maximum absolute atomic E-state index is 13.8. The molecule has 0 amide bonds. The van der Waals surface area contributed by atoms with E-state index >= 15 is 0 Å². The molecule has 0 N–H and O–H groups in total. The quantitative estimate of drug-likeness (QED) is 0.145. The van der Waals surface area contributed by atoms with Gasteiger partial charge >= 0.3 is 5.97 Å². The second-order valence-corrected chi connectivity index (χ2v) is 11.5. The van der Waals surface area contributed by atoms with E-state index in [-0.39, 0.29) is 24.5 Å². The van der Waals surface area contributed by atoms with E-state index in [2.05, 4.69) is 20.9 Å². The van der Waals surface area contributed by atoms with E-state index in [1.807, 2.05) is 43.3 Å². The van der Waals surface area contributed by atoms with Gasteiger partial charge in [0.15, 0.2) is 4.80 Å². The fourth-order valence-corrected chi connectivity index (χ4v) is 6.21. The molecule has 0 unspecified atom stereocenters. The van der Waals surface area contributed by atoms with Crippen molar-refractivity contribution in [3.05, 3.63) is 135 Å². The highest BCUT2D eigenvalue weighted by Gasteiger charge is 2.33. The number of nitro benzene ring substituents is 1. The molecule has 0 saturated carbocycles. The maximum atomic E-state index is 13.8. The highest BCUT2D eigenvalue weighted by Crippen LogP contribution is 2.31. The van der Waals surface area contributed by atoms with Crippen LogP contribution in [0.1, 0.15) is 42.1 Å². The van der Waals surface area contributed by atoms with Crippen molar-refractivity contribution in [1.82, 2.24) is 4.57 Å². The summed E-state index contributed by atoms with van der Waals surface area (Å²) in [5.41, 5.74) is 3.87. The van der Waals surface area contributed by atoms with Crippen molar-refractivity contribution < 1.29 is 19.2 Å². The van der Waals surface area contributed by atoms with Gasteiger partial charge in [-0.25, -0.2) is 9.79 Å². The second kappa shape index (κ2) is 12.3. The van der Waals surface area contributed by atoms with Crippen LogP contribution >= 0.6 is 27.3 Å². The fraction of sp³-hybridized carbons (Fsp3) is 0.194. The Morgan fingerprint density at radius 2 is 1.90 bits per heavy atom. The number of non-ortho nitro benzene ring substituents is 1. The van der Waals surface area contributed by atoms with Crippen LogP contribution in [0.25, 0.3) is 6.08 Å². The molecule has 0 saturated heterocycles. The van der Waals surface area contributed by atoms with Gasteiger partial charge in [0.1, 0.15) is 12.4 Å². The van der Waals surface area contributed by atoms with Gasteiger partial charge in [-0.15, -0.1) is 0 Å². The minimum atomic E-state index is -0.667. The molecular formula is C31H26BrN3O6S. The Bertz CT molecular complexity index is 1910. The van der Waals surface area contributed by atoms with Crippen LogP contribution in [0.15, 0.2) is 92.3 Å². The minimum absolute atomic E-state index is 0.00108. The lowest BCUT2D eigenvalue weighted by Gasteiger charge is -2.24. The van der Waals surface area contributed by atoms with E-state index in [9.17, 15) is 19.7 Å². The zero-order valence-corrected chi connectivity index (χ0v) is 25.4. The monoisotopic (exact) mass is 647 g/mol. The van der Waals surface area contributed by atoms with Crippen LogP contribution < -0.4 is 19.6 Å². The lowest BCUT2D eigenvalue weighted by Crippen LogP contribution is -2.39. The fourth-order valence-electron chi connectivity index (χ4n) is 4.65. The summed E-state index contributed by atoms with van der Waals surface area (Å²) in [5, 5.41) is 11.1. The van der Waals surface area contributed by atoms with E-state index in [0.29, 0.717) is 36.4 Å². The Morgan fingerprint density at radius 3 is 2.60 bits per heavy atom. The summed E-state index contributed by atoms with van der Waals surface area (Å²) in [4.78, 5) is 42.6. The summed E-state index contributed by atoms with van der Waals surface area (Å²) < 4.78 is 13.9. The molecule has 0 bridgehead atoms. The van der Waals surface area contributed by atoms with Gasteiger partial charge in [0, 0.05) is 12.1 Å². The number of carbonyl (C=O) groups excluding carboxylic acids is 1. The lowest BCUT2D eigenvalue weighted by molar-refractivity contribution is -0.384. The molecule has 5 rings (SSSR count). The Hall–Kier alpha value is -4.35. The average Bonchev–Trinajstić information content (AvgIpc) is 3.26. The largest absolute Gasteiger partial charge is 0.488 e. The molecule has 9 nitrogen and oxygen atoms in total. The zero-order chi connectivity index (χ0) is 30.0. The molecule has 1 aliphatic rings. The molecule has 0 fully saturated rings. The van der Waals surface area contributed by atoms with Crippen molar-refractivity contribution >= 4 is 45.0 Å². The summed E-state index contributed by atoms with van der Waals surface area (Å²) in [7, 11) is 0. The van der Waals surface area contributed by atoms with Crippen LogP contribution in [0, 0.1) is 17.0 Å². The summed E-state index contributed by atoms with van der Waals surface area (Å²) in [6, 6.07) is 18.7. The van der Waals surface area contributed by atoms with Crippen LogP contribution in [-0.2, 0) is 16.1 Å². The van der Waals surface area contributed by atoms with Gasteiger partial charge in [0.2, 0.25) is 0 Å². The minimum Gasteiger partial charge on any atom is -0.488 e. The van der Waals surface area contributed by atoms with Crippen LogP contribution in [0.3, 0.4) is 0 Å². The number of nitrogens with zero attached hydrogens (tertiary/aromatic N) is 3. The van der Waals surface area contributed by atoms with E-state index in [1.165, 1.54) is 23.5 Å². The summed E-state index contributed by atoms with van der Waals surface area (Å²) >= 11 is 4.78. The summed E-state index contributed by atoms with van der Waals surface area (Å²) in [5.74, 6) is 0.0532. The third kappa shape index (κ3) is 5.97. The van der Waals surface area contributed by atoms with E-state index in [1.54, 1.807) is 42.7 Å². The molecule has 0 aliphatic carbocycles. The Morgan fingerprint density at radius 1 is 1.14 bits per heavy atom.